The Bertz CT molecular complexity index is 1170. The molecule has 2 aromatic carbocycles. The van der Waals surface area contributed by atoms with Crippen LogP contribution in [0, 0.1) is 6.92 Å². The lowest BCUT2D eigenvalue weighted by Crippen LogP contribution is -2.33. The predicted molar refractivity (Wildman–Crippen MR) is 115 cm³/mol. The van der Waals surface area contributed by atoms with Crippen molar-refractivity contribution >= 4 is 38.8 Å². The summed E-state index contributed by atoms with van der Waals surface area (Å²) in [5, 5.41) is 3.18. The van der Waals surface area contributed by atoms with Gasteiger partial charge in [-0.3, -0.25) is 4.79 Å². The molecule has 3 rings (SSSR count). The van der Waals surface area contributed by atoms with Crippen LogP contribution >= 0.6 is 15.9 Å². The third kappa shape index (κ3) is 5.27. The Labute approximate surface area is 181 Å². The Hall–Kier alpha value is -3.13. The number of ether oxygens (including phenoxy) is 2. The molecule has 30 heavy (non-hydrogen) atoms. The molecular formula is C22H20BrNO6. The van der Waals surface area contributed by atoms with Gasteiger partial charge in [0.15, 0.2) is 6.61 Å². The van der Waals surface area contributed by atoms with Crippen molar-refractivity contribution in [1.82, 2.24) is 5.32 Å². The molecule has 8 heteroatoms. The first-order valence-corrected chi connectivity index (χ1v) is 10.0. The third-order valence-electron chi connectivity index (χ3n) is 4.09. The Morgan fingerprint density at radius 3 is 2.53 bits per heavy atom. The maximum atomic E-state index is 12.1. The van der Waals surface area contributed by atoms with Gasteiger partial charge >= 0.3 is 11.6 Å². The van der Waals surface area contributed by atoms with Gasteiger partial charge in [0.1, 0.15) is 22.6 Å². The minimum Gasteiger partial charge on any atom is -0.482 e. The highest BCUT2D eigenvalue weighted by Gasteiger charge is 2.15. The van der Waals surface area contributed by atoms with Crippen molar-refractivity contribution in [3.8, 4) is 11.5 Å². The molecule has 0 unspecified atom stereocenters. The van der Waals surface area contributed by atoms with Gasteiger partial charge in [-0.2, -0.15) is 0 Å². The molecule has 0 aliphatic rings. The van der Waals surface area contributed by atoms with Gasteiger partial charge in [0.2, 0.25) is 0 Å². The second kappa shape index (κ2) is 9.13. The fourth-order valence-electron chi connectivity index (χ4n) is 2.66. The van der Waals surface area contributed by atoms with Crippen molar-refractivity contribution in [1.29, 1.82) is 0 Å². The molecule has 0 fully saturated rings. The maximum Gasteiger partial charge on any atom is 0.349 e. The van der Waals surface area contributed by atoms with Gasteiger partial charge in [0.25, 0.3) is 5.91 Å². The summed E-state index contributed by atoms with van der Waals surface area (Å²) in [4.78, 5) is 36.3. The fraction of sp³-hybridized carbons (Fsp3) is 0.227. The minimum atomic E-state index is -0.766. The topological polar surface area (TPSA) is 94.8 Å². The van der Waals surface area contributed by atoms with E-state index >= 15 is 0 Å². The second-order valence-electron chi connectivity index (χ2n) is 6.95. The van der Waals surface area contributed by atoms with Crippen molar-refractivity contribution in [2.24, 2.45) is 0 Å². The molecule has 1 N–H and O–H groups in total. The highest BCUT2D eigenvalue weighted by Crippen LogP contribution is 2.23. The molecule has 0 bridgehead atoms. The molecular weight excluding hydrogens is 454 g/mol. The van der Waals surface area contributed by atoms with Gasteiger partial charge in [0.05, 0.1) is 0 Å². The van der Waals surface area contributed by atoms with E-state index in [2.05, 4.69) is 21.2 Å². The number of amides is 1. The Balaban J connectivity index is 1.70. The second-order valence-corrected chi connectivity index (χ2v) is 7.80. The number of carbonyl (C=O) groups excluding carboxylic acids is 2. The molecule has 0 aliphatic carbocycles. The number of hydrogen-bond acceptors (Lipinski definition) is 6. The van der Waals surface area contributed by atoms with Crippen LogP contribution < -0.4 is 20.4 Å². The summed E-state index contributed by atoms with van der Waals surface area (Å²) in [7, 11) is 0. The predicted octanol–water partition coefficient (Wildman–Crippen LogP) is 3.99. The number of carbonyl (C=O) groups is 2. The quantitative estimate of drug-likeness (QED) is 0.330. The maximum absolute atomic E-state index is 12.1. The molecule has 0 atom stereocenters. The van der Waals surface area contributed by atoms with Crippen molar-refractivity contribution in [2.75, 3.05) is 6.61 Å². The molecule has 1 aromatic heterocycles. The van der Waals surface area contributed by atoms with E-state index in [9.17, 15) is 14.4 Å². The smallest absolute Gasteiger partial charge is 0.349 e. The van der Waals surface area contributed by atoms with Gasteiger partial charge in [-0.05, 0) is 62.7 Å². The van der Waals surface area contributed by atoms with E-state index in [1.165, 1.54) is 12.1 Å². The number of nitrogens with one attached hydrogen (secondary N) is 1. The number of benzene rings is 2. The van der Waals surface area contributed by atoms with Crippen LogP contribution in [-0.4, -0.2) is 24.5 Å². The lowest BCUT2D eigenvalue weighted by Gasteiger charge is -2.09. The zero-order valence-electron chi connectivity index (χ0n) is 16.7. The zero-order chi connectivity index (χ0) is 21.8. The number of aryl methyl sites for hydroxylation is 1. The van der Waals surface area contributed by atoms with E-state index < -0.39 is 17.5 Å². The summed E-state index contributed by atoms with van der Waals surface area (Å²) in [5.41, 5.74) is 0.333. The van der Waals surface area contributed by atoms with Crippen molar-refractivity contribution in [3.05, 3.63) is 68.5 Å². The van der Waals surface area contributed by atoms with Crippen LogP contribution in [0.15, 0.2) is 56.1 Å². The Morgan fingerprint density at radius 2 is 1.83 bits per heavy atom. The molecule has 156 valence electrons. The third-order valence-corrected chi connectivity index (χ3v) is 4.98. The van der Waals surface area contributed by atoms with Crippen LogP contribution in [0.25, 0.3) is 11.0 Å². The monoisotopic (exact) mass is 473 g/mol. The summed E-state index contributed by atoms with van der Waals surface area (Å²) >= 11 is 3.40. The lowest BCUT2D eigenvalue weighted by molar-refractivity contribution is -0.136. The number of esters is 1. The summed E-state index contributed by atoms with van der Waals surface area (Å²) in [6, 6.07) is 11.3. The normalized spacial score (nSPS) is 10.8. The molecule has 0 saturated heterocycles. The Morgan fingerprint density at radius 1 is 1.10 bits per heavy atom. The zero-order valence-corrected chi connectivity index (χ0v) is 18.2. The summed E-state index contributed by atoms with van der Waals surface area (Å²) in [6.45, 7) is 5.22. The van der Waals surface area contributed by atoms with Crippen LogP contribution in [0.4, 0.5) is 0 Å². The van der Waals surface area contributed by atoms with E-state index in [0.717, 1.165) is 10.0 Å². The van der Waals surface area contributed by atoms with Gasteiger partial charge in [0, 0.05) is 22.0 Å². The summed E-state index contributed by atoms with van der Waals surface area (Å²) in [6.07, 6.45) is 0. The van der Waals surface area contributed by atoms with Gasteiger partial charge in [-0.1, -0.05) is 15.9 Å². The molecule has 7 nitrogen and oxygen atoms in total. The van der Waals surface area contributed by atoms with E-state index in [1.54, 1.807) is 38.1 Å². The number of halogens is 1. The van der Waals surface area contributed by atoms with Gasteiger partial charge in [-0.25, -0.2) is 9.59 Å². The summed E-state index contributed by atoms with van der Waals surface area (Å²) in [5.74, 6) is -0.364. The molecule has 0 radical (unpaired) electrons. The van der Waals surface area contributed by atoms with Crippen LogP contribution in [-0.2, 0) is 4.79 Å². The average Bonchev–Trinajstić information content (AvgIpc) is 2.67. The van der Waals surface area contributed by atoms with Crippen molar-refractivity contribution in [2.45, 2.75) is 26.8 Å². The molecule has 0 saturated carbocycles. The molecule has 1 heterocycles. The van der Waals surface area contributed by atoms with E-state index in [-0.39, 0.29) is 29.5 Å². The van der Waals surface area contributed by atoms with Crippen molar-refractivity contribution < 1.29 is 23.5 Å². The number of hydrogen-bond donors (Lipinski definition) is 1. The fourth-order valence-corrected chi connectivity index (χ4v) is 2.91. The molecule has 0 spiro atoms. The first-order chi connectivity index (χ1) is 14.2. The molecule has 3 aromatic rings. The SMILES string of the molecule is Cc1cc(OCC(=O)Oc2ccc3cc(C(=O)NC(C)C)c(=O)oc3c2)ccc1Br. The largest absolute Gasteiger partial charge is 0.482 e. The molecule has 0 aliphatic heterocycles. The van der Waals surface area contributed by atoms with Crippen LogP contribution in [0.1, 0.15) is 29.8 Å². The van der Waals surface area contributed by atoms with E-state index in [0.29, 0.717) is 11.1 Å². The highest BCUT2D eigenvalue weighted by atomic mass is 79.9. The van der Waals surface area contributed by atoms with Crippen molar-refractivity contribution in [3.63, 3.8) is 0 Å². The standard InChI is InChI=1S/C22H20BrNO6/c1-12(2)24-21(26)17-9-14-4-5-16(10-19(14)30-22(17)27)29-20(25)11-28-15-6-7-18(23)13(3)8-15/h4-10,12H,11H2,1-3H3,(H,24,26). The average molecular weight is 474 g/mol. The highest BCUT2D eigenvalue weighted by molar-refractivity contribution is 9.10. The van der Waals surface area contributed by atoms with E-state index in [1.807, 2.05) is 13.0 Å². The van der Waals surface area contributed by atoms with E-state index in [4.69, 9.17) is 13.9 Å². The number of fused-ring (bicyclic) bond motifs is 1. The van der Waals surface area contributed by atoms with Gasteiger partial charge in [-0.15, -0.1) is 0 Å². The van der Waals surface area contributed by atoms with Crippen LogP contribution in [0.5, 0.6) is 11.5 Å². The molecule has 1 amide bonds. The first kappa shape index (κ1) is 21.6. The summed E-state index contributed by atoms with van der Waals surface area (Å²) < 4.78 is 16.9. The number of rotatable bonds is 6. The van der Waals surface area contributed by atoms with Crippen LogP contribution in [0.3, 0.4) is 0 Å². The lowest BCUT2D eigenvalue weighted by atomic mass is 10.1. The minimum absolute atomic E-state index is 0.0841. The van der Waals surface area contributed by atoms with Gasteiger partial charge < -0.3 is 19.2 Å². The van der Waals surface area contributed by atoms with Crippen LogP contribution in [0.2, 0.25) is 0 Å². The first-order valence-electron chi connectivity index (χ1n) is 9.21. The Kier molecular flexibility index (Phi) is 6.56.